The van der Waals surface area contributed by atoms with Gasteiger partial charge in [0.1, 0.15) is 5.75 Å². The van der Waals surface area contributed by atoms with Gasteiger partial charge in [-0.3, -0.25) is 0 Å². The summed E-state index contributed by atoms with van der Waals surface area (Å²) in [5, 5.41) is 3.60. The van der Waals surface area contributed by atoms with Crippen molar-refractivity contribution >= 4 is 0 Å². The van der Waals surface area contributed by atoms with E-state index in [4.69, 9.17) is 4.74 Å². The molecule has 0 spiro atoms. The molecule has 0 radical (unpaired) electrons. The van der Waals surface area contributed by atoms with Crippen molar-refractivity contribution in [2.24, 2.45) is 0 Å². The molecule has 2 nitrogen and oxygen atoms in total. The van der Waals surface area contributed by atoms with Crippen LogP contribution in [-0.4, -0.2) is 12.6 Å². The Bertz CT molecular complexity index is 443. The Kier molecular flexibility index (Phi) is 3.79. The maximum Gasteiger partial charge on any atom is 0.127 e. The SMILES string of the molecule is Cc1ccc(C2CCCN2)c(OC2CCCC2)c1C. The van der Waals surface area contributed by atoms with Crippen LogP contribution in [0.3, 0.4) is 0 Å². The van der Waals surface area contributed by atoms with Crippen molar-refractivity contribution in [3.05, 3.63) is 28.8 Å². The van der Waals surface area contributed by atoms with Crippen LogP contribution >= 0.6 is 0 Å². The number of benzene rings is 1. The Balaban J connectivity index is 1.90. The van der Waals surface area contributed by atoms with Crippen LogP contribution in [0.2, 0.25) is 0 Å². The van der Waals surface area contributed by atoms with Crippen molar-refractivity contribution in [2.75, 3.05) is 6.54 Å². The van der Waals surface area contributed by atoms with Gasteiger partial charge in [-0.05, 0) is 70.0 Å². The average molecular weight is 259 g/mol. The van der Waals surface area contributed by atoms with Crippen LogP contribution in [0.1, 0.15) is 61.3 Å². The van der Waals surface area contributed by atoms with E-state index in [9.17, 15) is 0 Å². The number of aryl methyl sites for hydroxylation is 1. The van der Waals surface area contributed by atoms with Gasteiger partial charge in [0.2, 0.25) is 0 Å². The van der Waals surface area contributed by atoms with Crippen LogP contribution in [0.25, 0.3) is 0 Å². The maximum absolute atomic E-state index is 6.39. The standard InChI is InChI=1S/C17H25NO/c1-12-9-10-15(16-8-5-11-18-16)17(13(12)2)19-14-6-3-4-7-14/h9-10,14,16,18H,3-8,11H2,1-2H3. The van der Waals surface area contributed by atoms with Crippen molar-refractivity contribution < 1.29 is 4.74 Å². The summed E-state index contributed by atoms with van der Waals surface area (Å²) in [6.45, 7) is 5.53. The van der Waals surface area contributed by atoms with Crippen LogP contribution in [0.4, 0.5) is 0 Å². The quantitative estimate of drug-likeness (QED) is 0.884. The van der Waals surface area contributed by atoms with Crippen LogP contribution < -0.4 is 10.1 Å². The van der Waals surface area contributed by atoms with Crippen LogP contribution in [0.5, 0.6) is 5.75 Å². The van der Waals surface area contributed by atoms with Gasteiger partial charge in [-0.25, -0.2) is 0 Å². The summed E-state index contributed by atoms with van der Waals surface area (Å²) in [5.74, 6) is 1.17. The molecule has 1 aromatic carbocycles. The van der Waals surface area contributed by atoms with E-state index in [-0.39, 0.29) is 0 Å². The van der Waals surface area contributed by atoms with E-state index < -0.39 is 0 Å². The summed E-state index contributed by atoms with van der Waals surface area (Å²) in [4.78, 5) is 0. The molecule has 0 aromatic heterocycles. The minimum atomic E-state index is 0.445. The van der Waals surface area contributed by atoms with Gasteiger partial charge in [0.05, 0.1) is 6.10 Å². The second-order valence-electron chi connectivity index (χ2n) is 6.10. The fourth-order valence-corrected chi connectivity index (χ4v) is 3.36. The zero-order chi connectivity index (χ0) is 13.2. The Morgan fingerprint density at radius 2 is 1.84 bits per heavy atom. The molecule has 1 aliphatic carbocycles. The highest BCUT2D eigenvalue weighted by Crippen LogP contribution is 2.37. The average Bonchev–Trinajstić information content (AvgIpc) is 3.08. The summed E-state index contributed by atoms with van der Waals surface area (Å²) in [6.07, 6.45) is 8.07. The highest BCUT2D eigenvalue weighted by molar-refractivity contribution is 5.47. The first-order chi connectivity index (χ1) is 9.25. The first-order valence-electron chi connectivity index (χ1n) is 7.76. The molecule has 2 heteroatoms. The van der Waals surface area contributed by atoms with Crippen molar-refractivity contribution in [3.8, 4) is 5.75 Å². The molecule has 1 aromatic rings. The molecule has 1 atom stereocenters. The van der Waals surface area contributed by atoms with Gasteiger partial charge in [0, 0.05) is 11.6 Å². The topological polar surface area (TPSA) is 21.3 Å². The van der Waals surface area contributed by atoms with E-state index in [1.54, 1.807) is 0 Å². The zero-order valence-corrected chi connectivity index (χ0v) is 12.2. The summed E-state index contributed by atoms with van der Waals surface area (Å²) in [5.41, 5.74) is 4.06. The van der Waals surface area contributed by atoms with Crippen molar-refractivity contribution in [3.63, 3.8) is 0 Å². The first-order valence-corrected chi connectivity index (χ1v) is 7.76. The Morgan fingerprint density at radius 3 is 2.53 bits per heavy atom. The Morgan fingerprint density at radius 1 is 1.05 bits per heavy atom. The molecule has 0 amide bonds. The van der Waals surface area contributed by atoms with Crippen LogP contribution in [-0.2, 0) is 0 Å². The largest absolute Gasteiger partial charge is 0.490 e. The lowest BCUT2D eigenvalue weighted by molar-refractivity contribution is 0.205. The van der Waals surface area contributed by atoms with Crippen LogP contribution in [0, 0.1) is 13.8 Å². The predicted molar refractivity (Wildman–Crippen MR) is 78.8 cm³/mol. The highest BCUT2D eigenvalue weighted by Gasteiger charge is 2.24. The van der Waals surface area contributed by atoms with Gasteiger partial charge < -0.3 is 10.1 Å². The number of rotatable bonds is 3. The number of hydrogen-bond donors (Lipinski definition) is 1. The molecular formula is C17H25NO. The molecule has 2 fully saturated rings. The molecule has 19 heavy (non-hydrogen) atoms. The van der Waals surface area contributed by atoms with Crippen molar-refractivity contribution in [1.29, 1.82) is 0 Å². The molecular weight excluding hydrogens is 234 g/mol. The molecule has 104 valence electrons. The molecule has 1 heterocycles. The number of ether oxygens (including phenoxy) is 1. The lowest BCUT2D eigenvalue weighted by Crippen LogP contribution is -2.18. The molecule has 1 saturated heterocycles. The van der Waals surface area contributed by atoms with Gasteiger partial charge in [-0.2, -0.15) is 0 Å². The van der Waals surface area contributed by atoms with E-state index in [1.807, 2.05) is 0 Å². The molecule has 0 bridgehead atoms. The zero-order valence-electron chi connectivity index (χ0n) is 12.2. The monoisotopic (exact) mass is 259 g/mol. The van der Waals surface area contributed by atoms with Gasteiger partial charge in [-0.1, -0.05) is 12.1 Å². The van der Waals surface area contributed by atoms with E-state index in [0.717, 1.165) is 6.54 Å². The fraction of sp³-hybridized carbons (Fsp3) is 0.647. The summed E-state index contributed by atoms with van der Waals surface area (Å²) >= 11 is 0. The van der Waals surface area contributed by atoms with Gasteiger partial charge in [0.25, 0.3) is 0 Å². The molecule has 1 unspecified atom stereocenters. The summed E-state index contributed by atoms with van der Waals surface area (Å²) in [6, 6.07) is 5.01. The minimum absolute atomic E-state index is 0.445. The molecule has 3 rings (SSSR count). The summed E-state index contributed by atoms with van der Waals surface area (Å²) in [7, 11) is 0. The maximum atomic E-state index is 6.39. The lowest BCUT2D eigenvalue weighted by atomic mass is 9.98. The Hall–Kier alpha value is -1.02. The second kappa shape index (κ2) is 5.54. The van der Waals surface area contributed by atoms with Crippen LogP contribution in [0.15, 0.2) is 12.1 Å². The van der Waals surface area contributed by atoms with Gasteiger partial charge in [-0.15, -0.1) is 0 Å². The third-order valence-corrected chi connectivity index (χ3v) is 4.73. The third kappa shape index (κ3) is 2.64. The smallest absolute Gasteiger partial charge is 0.127 e. The second-order valence-corrected chi connectivity index (χ2v) is 6.10. The van der Waals surface area contributed by atoms with E-state index in [0.29, 0.717) is 12.1 Å². The van der Waals surface area contributed by atoms with Crippen molar-refractivity contribution in [2.45, 2.75) is 64.5 Å². The molecule has 1 aliphatic heterocycles. The van der Waals surface area contributed by atoms with E-state index in [1.165, 1.54) is 61.0 Å². The molecule has 2 aliphatic rings. The van der Waals surface area contributed by atoms with E-state index >= 15 is 0 Å². The van der Waals surface area contributed by atoms with Gasteiger partial charge in [0.15, 0.2) is 0 Å². The molecule has 1 saturated carbocycles. The third-order valence-electron chi connectivity index (χ3n) is 4.73. The first kappa shape index (κ1) is 13.0. The fourth-order valence-electron chi connectivity index (χ4n) is 3.36. The van der Waals surface area contributed by atoms with E-state index in [2.05, 4.69) is 31.3 Å². The summed E-state index contributed by atoms with van der Waals surface area (Å²) < 4.78 is 6.39. The molecule has 1 N–H and O–H groups in total. The normalized spacial score (nSPS) is 24.0. The number of hydrogen-bond acceptors (Lipinski definition) is 2. The lowest BCUT2D eigenvalue weighted by Gasteiger charge is -2.23. The van der Waals surface area contributed by atoms with Gasteiger partial charge >= 0.3 is 0 Å². The van der Waals surface area contributed by atoms with Crippen molar-refractivity contribution in [1.82, 2.24) is 5.32 Å². The number of nitrogens with one attached hydrogen (secondary N) is 1. The minimum Gasteiger partial charge on any atom is -0.490 e. The predicted octanol–water partition coefficient (Wildman–Crippen LogP) is 4.05. The Labute approximate surface area is 116 Å². The highest BCUT2D eigenvalue weighted by atomic mass is 16.5.